The molecule has 0 saturated carbocycles. The lowest BCUT2D eigenvalue weighted by Gasteiger charge is -2.26. The summed E-state index contributed by atoms with van der Waals surface area (Å²) in [7, 11) is 1.10. The number of amidine groups is 1. The van der Waals surface area contributed by atoms with E-state index in [1.54, 1.807) is 30.3 Å². The number of nitrogens with zero attached hydrogens (tertiary/aromatic N) is 2. The summed E-state index contributed by atoms with van der Waals surface area (Å²) in [5.74, 6) is -2.06. The van der Waals surface area contributed by atoms with E-state index in [-0.39, 0.29) is 22.3 Å². The SMILES string of the molecule is COC(=O)CN(Cc1ccccc1)C(=Nc1ccc(Cl)c(Cl)c1)C(F)(F)F. The normalized spacial score (nSPS) is 12.0. The molecule has 2 aromatic carbocycles. The van der Waals surface area contributed by atoms with Gasteiger partial charge in [0.1, 0.15) is 6.54 Å². The lowest BCUT2D eigenvalue weighted by molar-refractivity contribution is -0.141. The van der Waals surface area contributed by atoms with Gasteiger partial charge in [-0.2, -0.15) is 13.2 Å². The quantitative estimate of drug-likeness (QED) is 0.377. The number of benzene rings is 2. The van der Waals surface area contributed by atoms with Gasteiger partial charge in [0.05, 0.1) is 22.8 Å². The van der Waals surface area contributed by atoms with Crippen LogP contribution in [0.3, 0.4) is 0 Å². The molecule has 0 spiro atoms. The number of alkyl halides is 3. The number of carbonyl (C=O) groups is 1. The second-order valence-electron chi connectivity index (χ2n) is 5.45. The molecule has 0 aliphatic rings. The molecular formula is C18H15Cl2F3N2O2. The van der Waals surface area contributed by atoms with Crippen molar-refractivity contribution in [2.45, 2.75) is 12.7 Å². The topological polar surface area (TPSA) is 41.9 Å². The zero-order valence-electron chi connectivity index (χ0n) is 14.1. The Morgan fingerprint density at radius 2 is 1.78 bits per heavy atom. The van der Waals surface area contributed by atoms with Gasteiger partial charge in [-0.15, -0.1) is 0 Å². The van der Waals surface area contributed by atoms with Gasteiger partial charge in [0.15, 0.2) is 0 Å². The number of hydrogen-bond donors (Lipinski definition) is 0. The predicted molar refractivity (Wildman–Crippen MR) is 98.5 cm³/mol. The first-order valence-corrected chi connectivity index (χ1v) is 8.43. The second-order valence-corrected chi connectivity index (χ2v) is 6.26. The van der Waals surface area contributed by atoms with Crippen LogP contribution in [0.15, 0.2) is 53.5 Å². The fraction of sp³-hybridized carbons (Fsp3) is 0.222. The molecule has 2 aromatic rings. The summed E-state index contributed by atoms with van der Waals surface area (Å²) in [6.45, 7) is -0.805. The van der Waals surface area contributed by atoms with E-state index in [2.05, 4.69) is 9.73 Å². The van der Waals surface area contributed by atoms with E-state index >= 15 is 0 Å². The lowest BCUT2D eigenvalue weighted by atomic mass is 10.2. The Kier molecular flexibility index (Phi) is 7.10. The maximum atomic E-state index is 13.7. The largest absolute Gasteiger partial charge is 0.468 e. The van der Waals surface area contributed by atoms with E-state index in [1.807, 2.05) is 0 Å². The van der Waals surface area contributed by atoms with Crippen LogP contribution in [0.2, 0.25) is 10.0 Å². The van der Waals surface area contributed by atoms with Gasteiger partial charge in [0.2, 0.25) is 5.84 Å². The lowest BCUT2D eigenvalue weighted by Crippen LogP contribution is -2.43. The number of aliphatic imine (C=N–C) groups is 1. The van der Waals surface area contributed by atoms with Crippen molar-refractivity contribution in [3.8, 4) is 0 Å². The van der Waals surface area contributed by atoms with Gasteiger partial charge in [0, 0.05) is 6.54 Å². The average Bonchev–Trinajstić information content (AvgIpc) is 2.62. The van der Waals surface area contributed by atoms with E-state index in [9.17, 15) is 18.0 Å². The van der Waals surface area contributed by atoms with Crippen molar-refractivity contribution in [1.82, 2.24) is 4.90 Å². The van der Waals surface area contributed by atoms with Crippen LogP contribution in [0.5, 0.6) is 0 Å². The Morgan fingerprint density at radius 3 is 2.33 bits per heavy atom. The van der Waals surface area contributed by atoms with Crippen LogP contribution in [0.1, 0.15) is 5.56 Å². The van der Waals surface area contributed by atoms with Crippen molar-refractivity contribution < 1.29 is 22.7 Å². The van der Waals surface area contributed by atoms with Crippen LogP contribution in [-0.4, -0.2) is 36.5 Å². The minimum atomic E-state index is -4.81. The van der Waals surface area contributed by atoms with Gasteiger partial charge in [-0.3, -0.25) is 4.79 Å². The first-order chi connectivity index (χ1) is 12.7. The summed E-state index contributed by atoms with van der Waals surface area (Å²) in [4.78, 5) is 16.2. The first-order valence-electron chi connectivity index (χ1n) is 7.67. The minimum Gasteiger partial charge on any atom is -0.468 e. The molecule has 0 radical (unpaired) electrons. The number of esters is 1. The van der Waals surface area contributed by atoms with Crippen LogP contribution in [0.4, 0.5) is 18.9 Å². The number of hydrogen-bond acceptors (Lipinski definition) is 3. The third-order valence-electron chi connectivity index (χ3n) is 3.46. The maximum absolute atomic E-state index is 13.7. The van der Waals surface area contributed by atoms with Crippen LogP contribution in [0, 0.1) is 0 Å². The Hall–Kier alpha value is -2.25. The Labute approximate surface area is 164 Å². The fourth-order valence-electron chi connectivity index (χ4n) is 2.22. The van der Waals surface area contributed by atoms with Crippen molar-refractivity contribution in [1.29, 1.82) is 0 Å². The fourth-order valence-corrected chi connectivity index (χ4v) is 2.51. The molecule has 27 heavy (non-hydrogen) atoms. The van der Waals surface area contributed by atoms with E-state index in [0.717, 1.165) is 12.0 Å². The Bertz CT molecular complexity index is 827. The highest BCUT2D eigenvalue weighted by atomic mass is 35.5. The molecule has 4 nitrogen and oxygen atoms in total. The molecule has 0 heterocycles. The zero-order valence-corrected chi connectivity index (χ0v) is 15.6. The van der Waals surface area contributed by atoms with E-state index in [4.69, 9.17) is 23.2 Å². The number of halogens is 5. The summed E-state index contributed by atoms with van der Waals surface area (Å²) in [5, 5.41) is 0.266. The highest BCUT2D eigenvalue weighted by molar-refractivity contribution is 6.42. The standard InChI is InChI=1S/C18H15Cl2F3N2O2/c1-27-16(26)11-25(10-12-5-3-2-4-6-12)17(18(21,22)23)24-13-7-8-14(19)15(20)9-13/h2-9H,10-11H2,1H3. The van der Waals surface area contributed by atoms with Crippen LogP contribution >= 0.6 is 23.2 Å². The third kappa shape index (κ3) is 6.15. The van der Waals surface area contributed by atoms with E-state index in [0.29, 0.717) is 5.56 Å². The smallest absolute Gasteiger partial charge is 0.449 e. The molecule has 9 heteroatoms. The Morgan fingerprint density at radius 1 is 1.11 bits per heavy atom. The number of rotatable bonds is 5. The van der Waals surface area contributed by atoms with Crippen LogP contribution in [-0.2, 0) is 16.1 Å². The van der Waals surface area contributed by atoms with Crippen molar-refractivity contribution in [3.05, 3.63) is 64.1 Å². The minimum absolute atomic E-state index is 0.0420. The van der Waals surface area contributed by atoms with Gasteiger partial charge in [0.25, 0.3) is 0 Å². The van der Waals surface area contributed by atoms with Crippen LogP contribution < -0.4 is 0 Å². The van der Waals surface area contributed by atoms with Crippen molar-refractivity contribution in [2.75, 3.05) is 13.7 Å². The molecule has 0 atom stereocenters. The highest BCUT2D eigenvalue weighted by Crippen LogP contribution is 2.29. The summed E-state index contributed by atoms with van der Waals surface area (Å²) in [6, 6.07) is 12.3. The molecule has 0 saturated heterocycles. The molecule has 0 N–H and O–H groups in total. The molecule has 0 amide bonds. The van der Waals surface area contributed by atoms with Crippen molar-refractivity contribution in [2.24, 2.45) is 4.99 Å². The van der Waals surface area contributed by atoms with Crippen LogP contribution in [0.25, 0.3) is 0 Å². The molecular weight excluding hydrogens is 404 g/mol. The zero-order chi connectivity index (χ0) is 20.0. The number of carbonyl (C=O) groups excluding carboxylic acids is 1. The average molecular weight is 419 g/mol. The van der Waals surface area contributed by atoms with Gasteiger partial charge in [-0.1, -0.05) is 53.5 Å². The van der Waals surface area contributed by atoms with Gasteiger partial charge in [-0.05, 0) is 23.8 Å². The highest BCUT2D eigenvalue weighted by Gasteiger charge is 2.40. The van der Waals surface area contributed by atoms with E-state index in [1.165, 1.54) is 18.2 Å². The Balaban J connectivity index is 2.47. The molecule has 0 fully saturated rings. The van der Waals surface area contributed by atoms with Crippen molar-refractivity contribution >= 4 is 40.7 Å². The molecule has 0 aliphatic carbocycles. The summed E-state index contributed by atoms with van der Waals surface area (Å²) in [6.07, 6.45) is -4.81. The van der Waals surface area contributed by atoms with Gasteiger partial charge >= 0.3 is 12.1 Å². The van der Waals surface area contributed by atoms with Gasteiger partial charge < -0.3 is 9.64 Å². The monoisotopic (exact) mass is 418 g/mol. The molecule has 0 aliphatic heterocycles. The molecule has 0 unspecified atom stereocenters. The molecule has 2 rings (SSSR count). The predicted octanol–water partition coefficient (Wildman–Crippen LogP) is 5.26. The van der Waals surface area contributed by atoms with Crippen molar-refractivity contribution in [3.63, 3.8) is 0 Å². The third-order valence-corrected chi connectivity index (χ3v) is 4.19. The number of methoxy groups -OCH3 is 1. The summed E-state index contributed by atoms with van der Waals surface area (Å²) in [5.41, 5.74) is 0.534. The summed E-state index contributed by atoms with van der Waals surface area (Å²) >= 11 is 11.6. The molecule has 0 aromatic heterocycles. The first kappa shape index (κ1) is 21.1. The van der Waals surface area contributed by atoms with E-state index < -0.39 is 24.5 Å². The number of ether oxygens (including phenoxy) is 1. The second kappa shape index (κ2) is 9.10. The maximum Gasteiger partial charge on any atom is 0.449 e. The van der Waals surface area contributed by atoms with Gasteiger partial charge in [-0.25, -0.2) is 4.99 Å². The molecule has 144 valence electrons. The summed E-state index contributed by atoms with van der Waals surface area (Å²) < 4.78 is 45.7. The molecule has 0 bridgehead atoms.